The van der Waals surface area contributed by atoms with E-state index in [1.54, 1.807) is 12.4 Å². The fourth-order valence-corrected chi connectivity index (χ4v) is 2.72. The van der Waals surface area contributed by atoms with Crippen LogP contribution in [-0.4, -0.2) is 19.9 Å². The molecule has 4 aromatic rings. The Hall–Kier alpha value is -3.25. The summed E-state index contributed by atoms with van der Waals surface area (Å²) < 4.78 is 0. The lowest BCUT2D eigenvalue weighted by atomic mass is 10.1. The molecule has 0 atom stereocenters. The van der Waals surface area contributed by atoms with Gasteiger partial charge in [-0.2, -0.15) is 0 Å². The summed E-state index contributed by atoms with van der Waals surface area (Å²) in [5.41, 5.74) is 9.07. The molecule has 0 aliphatic carbocycles. The third-order valence-corrected chi connectivity index (χ3v) is 3.96. The molecule has 0 amide bonds. The van der Waals surface area contributed by atoms with Crippen LogP contribution in [-0.2, 0) is 0 Å². The minimum absolute atomic E-state index is 0.246. The lowest BCUT2D eigenvalue weighted by molar-refractivity contribution is 1.19. The van der Waals surface area contributed by atoms with Crippen molar-refractivity contribution in [2.75, 3.05) is 11.1 Å². The van der Waals surface area contributed by atoms with E-state index in [-0.39, 0.29) is 5.95 Å². The first-order chi connectivity index (χ1) is 12.2. The predicted octanol–water partition coefficient (Wildman–Crippen LogP) is 4.07. The normalized spacial score (nSPS) is 10.8. The van der Waals surface area contributed by atoms with E-state index in [0.717, 1.165) is 27.7 Å². The van der Waals surface area contributed by atoms with Crippen molar-refractivity contribution in [2.24, 2.45) is 0 Å². The number of aromatic nitrogens is 4. The number of nitrogens with zero attached hydrogens (tertiary/aromatic N) is 4. The van der Waals surface area contributed by atoms with Gasteiger partial charge in [-0.3, -0.25) is 0 Å². The van der Waals surface area contributed by atoms with E-state index < -0.39 is 0 Å². The van der Waals surface area contributed by atoms with Crippen molar-refractivity contribution in [1.29, 1.82) is 0 Å². The SMILES string of the molecule is Nc1ncc(-c2ccc3ncnc(Nc4cccc(Cl)c4)c3c2)cn1. The summed E-state index contributed by atoms with van der Waals surface area (Å²) in [7, 11) is 0. The Labute approximate surface area is 148 Å². The Morgan fingerprint density at radius 2 is 1.72 bits per heavy atom. The molecular weight excluding hydrogens is 336 g/mol. The van der Waals surface area contributed by atoms with E-state index >= 15 is 0 Å². The maximum Gasteiger partial charge on any atom is 0.219 e. The Kier molecular flexibility index (Phi) is 3.87. The van der Waals surface area contributed by atoms with Gasteiger partial charge in [0.25, 0.3) is 0 Å². The summed E-state index contributed by atoms with van der Waals surface area (Å²) in [6, 6.07) is 13.4. The van der Waals surface area contributed by atoms with Crippen LogP contribution in [0.2, 0.25) is 5.02 Å². The van der Waals surface area contributed by atoms with E-state index in [4.69, 9.17) is 17.3 Å². The number of rotatable bonds is 3. The van der Waals surface area contributed by atoms with Crippen molar-refractivity contribution in [2.45, 2.75) is 0 Å². The molecule has 2 aromatic carbocycles. The fourth-order valence-electron chi connectivity index (χ4n) is 2.53. The standard InChI is InChI=1S/C18H13ClN6/c19-13-2-1-3-14(7-13)25-17-15-6-11(4-5-16(15)23-10-24-17)12-8-21-18(20)22-9-12/h1-10H,(H2,20,21,22)(H,23,24,25). The number of nitrogen functional groups attached to an aromatic ring is 1. The molecule has 6 nitrogen and oxygen atoms in total. The first-order valence-corrected chi connectivity index (χ1v) is 7.92. The molecule has 4 rings (SSSR count). The molecule has 2 aromatic heterocycles. The van der Waals surface area contributed by atoms with E-state index in [1.807, 2.05) is 42.5 Å². The number of fused-ring (bicyclic) bond motifs is 1. The van der Waals surface area contributed by atoms with Crippen molar-refractivity contribution < 1.29 is 0 Å². The fraction of sp³-hybridized carbons (Fsp3) is 0. The van der Waals surface area contributed by atoms with Gasteiger partial charge in [0.05, 0.1) is 5.52 Å². The molecule has 0 unspecified atom stereocenters. The molecule has 2 heterocycles. The second kappa shape index (κ2) is 6.33. The van der Waals surface area contributed by atoms with Crippen LogP contribution in [0.5, 0.6) is 0 Å². The van der Waals surface area contributed by atoms with Crippen LogP contribution in [0, 0.1) is 0 Å². The Bertz CT molecular complexity index is 1050. The quantitative estimate of drug-likeness (QED) is 0.580. The maximum absolute atomic E-state index is 6.05. The van der Waals surface area contributed by atoms with Crippen LogP contribution >= 0.6 is 11.6 Å². The number of benzene rings is 2. The van der Waals surface area contributed by atoms with Gasteiger partial charge < -0.3 is 11.1 Å². The van der Waals surface area contributed by atoms with Crippen LogP contribution in [0.1, 0.15) is 0 Å². The second-order valence-corrected chi connectivity index (χ2v) is 5.86. The zero-order valence-corrected chi connectivity index (χ0v) is 13.8. The monoisotopic (exact) mass is 348 g/mol. The lowest BCUT2D eigenvalue weighted by Crippen LogP contribution is -1.97. The summed E-state index contributed by atoms with van der Waals surface area (Å²) in [4.78, 5) is 16.8. The third kappa shape index (κ3) is 3.20. The molecule has 0 bridgehead atoms. The predicted molar refractivity (Wildman–Crippen MR) is 99.7 cm³/mol. The average Bonchev–Trinajstić information content (AvgIpc) is 2.62. The van der Waals surface area contributed by atoms with E-state index in [9.17, 15) is 0 Å². The molecule has 7 heteroatoms. The summed E-state index contributed by atoms with van der Waals surface area (Å²) in [5, 5.41) is 4.83. The molecule has 3 N–H and O–H groups in total. The van der Waals surface area contributed by atoms with Crippen molar-refractivity contribution >= 4 is 40.0 Å². The van der Waals surface area contributed by atoms with Gasteiger partial charge in [-0.25, -0.2) is 19.9 Å². The highest BCUT2D eigenvalue weighted by Crippen LogP contribution is 2.28. The topological polar surface area (TPSA) is 89.6 Å². The van der Waals surface area contributed by atoms with Gasteiger partial charge >= 0.3 is 0 Å². The van der Waals surface area contributed by atoms with E-state index in [0.29, 0.717) is 10.8 Å². The minimum atomic E-state index is 0.246. The summed E-state index contributed by atoms with van der Waals surface area (Å²) in [5.74, 6) is 0.946. The van der Waals surface area contributed by atoms with Gasteiger partial charge in [0.2, 0.25) is 5.95 Å². The highest BCUT2D eigenvalue weighted by molar-refractivity contribution is 6.30. The average molecular weight is 349 g/mol. The number of anilines is 3. The van der Waals surface area contributed by atoms with Gasteiger partial charge in [0.1, 0.15) is 12.1 Å². The Morgan fingerprint density at radius 3 is 2.52 bits per heavy atom. The molecule has 0 saturated heterocycles. The molecule has 0 saturated carbocycles. The smallest absolute Gasteiger partial charge is 0.219 e. The van der Waals surface area contributed by atoms with Crippen LogP contribution in [0.15, 0.2) is 61.2 Å². The molecular formula is C18H13ClN6. The lowest BCUT2D eigenvalue weighted by Gasteiger charge is -2.10. The van der Waals surface area contributed by atoms with Crippen molar-refractivity contribution in [1.82, 2.24) is 19.9 Å². The largest absolute Gasteiger partial charge is 0.368 e. The zero-order valence-electron chi connectivity index (χ0n) is 13.0. The van der Waals surface area contributed by atoms with Crippen LogP contribution in [0.4, 0.5) is 17.5 Å². The number of hydrogen-bond acceptors (Lipinski definition) is 6. The van der Waals surface area contributed by atoms with Crippen molar-refractivity contribution in [3.8, 4) is 11.1 Å². The molecule has 25 heavy (non-hydrogen) atoms. The molecule has 0 fully saturated rings. The maximum atomic E-state index is 6.05. The highest BCUT2D eigenvalue weighted by Gasteiger charge is 2.07. The summed E-state index contributed by atoms with van der Waals surface area (Å²) in [6.45, 7) is 0. The van der Waals surface area contributed by atoms with Crippen LogP contribution in [0.25, 0.3) is 22.0 Å². The van der Waals surface area contributed by atoms with Crippen molar-refractivity contribution in [3.63, 3.8) is 0 Å². The Balaban J connectivity index is 1.79. The summed E-state index contributed by atoms with van der Waals surface area (Å²) in [6.07, 6.45) is 4.91. The van der Waals surface area contributed by atoms with Gasteiger partial charge in [0.15, 0.2) is 0 Å². The highest BCUT2D eigenvalue weighted by atomic mass is 35.5. The summed E-state index contributed by atoms with van der Waals surface area (Å²) >= 11 is 6.05. The molecule has 122 valence electrons. The molecule has 0 spiro atoms. The van der Waals surface area contributed by atoms with Crippen LogP contribution in [0.3, 0.4) is 0 Å². The van der Waals surface area contributed by atoms with Gasteiger partial charge in [-0.15, -0.1) is 0 Å². The van der Waals surface area contributed by atoms with Gasteiger partial charge in [0, 0.05) is 34.1 Å². The molecule has 0 aliphatic rings. The number of halogens is 1. The van der Waals surface area contributed by atoms with Crippen molar-refractivity contribution in [3.05, 3.63) is 66.2 Å². The number of nitrogens with one attached hydrogen (secondary N) is 1. The number of nitrogens with two attached hydrogens (primary N) is 1. The van der Waals surface area contributed by atoms with Gasteiger partial charge in [-0.05, 0) is 35.9 Å². The molecule has 0 radical (unpaired) electrons. The first-order valence-electron chi connectivity index (χ1n) is 7.54. The van der Waals surface area contributed by atoms with E-state index in [2.05, 4.69) is 25.3 Å². The Morgan fingerprint density at radius 1 is 0.880 bits per heavy atom. The first kappa shape index (κ1) is 15.3. The molecule has 0 aliphatic heterocycles. The number of hydrogen-bond donors (Lipinski definition) is 2. The third-order valence-electron chi connectivity index (χ3n) is 3.73. The van der Waals surface area contributed by atoms with Gasteiger partial charge in [-0.1, -0.05) is 23.7 Å². The van der Waals surface area contributed by atoms with E-state index in [1.165, 1.54) is 6.33 Å². The zero-order chi connectivity index (χ0) is 17.2. The second-order valence-electron chi connectivity index (χ2n) is 5.42. The van der Waals surface area contributed by atoms with Crippen LogP contribution < -0.4 is 11.1 Å². The minimum Gasteiger partial charge on any atom is -0.368 e.